The first-order chi connectivity index (χ1) is 10.7. The standard InChI is InChI=1S/C18H16O3S/c1-3-20-18(19)17-12(2)15-10-9-14(11-16(15)22-17)21-13-7-5-4-6-8-13/h4-11H,3H2,1-2H3. The molecule has 1 aromatic heterocycles. The summed E-state index contributed by atoms with van der Waals surface area (Å²) in [6.07, 6.45) is 0. The molecule has 4 heteroatoms. The number of carbonyl (C=O) groups is 1. The second-order valence-corrected chi connectivity index (χ2v) is 5.90. The third-order valence-corrected chi connectivity index (χ3v) is 4.58. The smallest absolute Gasteiger partial charge is 0.348 e. The summed E-state index contributed by atoms with van der Waals surface area (Å²) in [5.74, 6) is 1.29. The normalized spacial score (nSPS) is 10.6. The van der Waals surface area contributed by atoms with E-state index < -0.39 is 0 Å². The van der Waals surface area contributed by atoms with Gasteiger partial charge >= 0.3 is 5.97 Å². The highest BCUT2D eigenvalue weighted by Gasteiger charge is 2.16. The number of hydrogen-bond donors (Lipinski definition) is 0. The maximum Gasteiger partial charge on any atom is 0.348 e. The van der Waals surface area contributed by atoms with Gasteiger partial charge in [0.05, 0.1) is 6.61 Å². The van der Waals surface area contributed by atoms with E-state index >= 15 is 0 Å². The van der Waals surface area contributed by atoms with Gasteiger partial charge in [-0.2, -0.15) is 0 Å². The van der Waals surface area contributed by atoms with Crippen molar-refractivity contribution in [3.05, 3.63) is 59.0 Å². The van der Waals surface area contributed by atoms with Crippen molar-refractivity contribution in [1.82, 2.24) is 0 Å². The van der Waals surface area contributed by atoms with Crippen molar-refractivity contribution < 1.29 is 14.3 Å². The number of hydrogen-bond acceptors (Lipinski definition) is 4. The molecule has 0 saturated carbocycles. The quantitative estimate of drug-likeness (QED) is 0.623. The highest BCUT2D eigenvalue weighted by molar-refractivity contribution is 7.21. The predicted molar refractivity (Wildman–Crippen MR) is 89.0 cm³/mol. The first-order valence-corrected chi connectivity index (χ1v) is 7.94. The van der Waals surface area contributed by atoms with Gasteiger partial charge in [-0.25, -0.2) is 4.79 Å². The third kappa shape index (κ3) is 2.83. The van der Waals surface area contributed by atoms with Gasteiger partial charge in [-0.3, -0.25) is 0 Å². The Morgan fingerprint density at radius 1 is 1.09 bits per heavy atom. The molecule has 3 nitrogen and oxygen atoms in total. The molecule has 0 unspecified atom stereocenters. The first kappa shape index (κ1) is 14.6. The molecule has 0 bridgehead atoms. The lowest BCUT2D eigenvalue weighted by atomic mass is 10.1. The summed E-state index contributed by atoms with van der Waals surface area (Å²) in [4.78, 5) is 12.6. The number of aryl methyl sites for hydroxylation is 1. The minimum Gasteiger partial charge on any atom is -0.462 e. The summed E-state index contributed by atoms with van der Waals surface area (Å²) >= 11 is 1.44. The predicted octanol–water partition coefficient (Wildman–Crippen LogP) is 5.18. The van der Waals surface area contributed by atoms with Gasteiger partial charge in [-0.15, -0.1) is 11.3 Å². The maximum absolute atomic E-state index is 12.0. The van der Waals surface area contributed by atoms with Gasteiger partial charge in [-0.1, -0.05) is 18.2 Å². The van der Waals surface area contributed by atoms with E-state index in [2.05, 4.69) is 0 Å². The van der Waals surface area contributed by atoms with Crippen LogP contribution in [0.4, 0.5) is 0 Å². The van der Waals surface area contributed by atoms with E-state index in [-0.39, 0.29) is 5.97 Å². The van der Waals surface area contributed by atoms with E-state index in [1.165, 1.54) is 11.3 Å². The Bertz CT molecular complexity index is 806. The van der Waals surface area contributed by atoms with Crippen LogP contribution in [-0.4, -0.2) is 12.6 Å². The summed E-state index contributed by atoms with van der Waals surface area (Å²) in [6, 6.07) is 15.5. The largest absolute Gasteiger partial charge is 0.462 e. The molecule has 22 heavy (non-hydrogen) atoms. The fourth-order valence-electron chi connectivity index (χ4n) is 2.29. The topological polar surface area (TPSA) is 35.5 Å². The minimum absolute atomic E-state index is 0.258. The molecule has 0 radical (unpaired) electrons. The fourth-order valence-corrected chi connectivity index (χ4v) is 3.42. The molecule has 0 spiro atoms. The molecule has 3 aromatic rings. The molecule has 2 aromatic carbocycles. The van der Waals surface area contributed by atoms with Gasteiger partial charge in [0.25, 0.3) is 0 Å². The van der Waals surface area contributed by atoms with Crippen LogP contribution in [-0.2, 0) is 4.74 Å². The van der Waals surface area contributed by atoms with Crippen LogP contribution in [0.1, 0.15) is 22.2 Å². The number of esters is 1. The number of benzene rings is 2. The zero-order valence-corrected chi connectivity index (χ0v) is 13.3. The van der Waals surface area contributed by atoms with E-state index in [0.29, 0.717) is 11.5 Å². The molecule has 112 valence electrons. The van der Waals surface area contributed by atoms with Crippen LogP contribution >= 0.6 is 11.3 Å². The summed E-state index contributed by atoms with van der Waals surface area (Å²) in [5.41, 5.74) is 0.963. The van der Waals surface area contributed by atoms with Crippen LogP contribution in [0.3, 0.4) is 0 Å². The second kappa shape index (κ2) is 6.20. The number of ether oxygens (including phenoxy) is 2. The van der Waals surface area contributed by atoms with E-state index in [9.17, 15) is 4.79 Å². The average Bonchev–Trinajstić information content (AvgIpc) is 2.85. The van der Waals surface area contributed by atoms with Crippen molar-refractivity contribution in [1.29, 1.82) is 0 Å². The number of carbonyl (C=O) groups excluding carboxylic acids is 1. The molecule has 0 atom stereocenters. The summed E-state index contributed by atoms with van der Waals surface area (Å²) in [5, 5.41) is 1.06. The number of thiophene rings is 1. The lowest BCUT2D eigenvalue weighted by Gasteiger charge is -2.05. The maximum atomic E-state index is 12.0. The highest BCUT2D eigenvalue weighted by Crippen LogP contribution is 2.35. The van der Waals surface area contributed by atoms with E-state index in [1.54, 1.807) is 0 Å². The van der Waals surface area contributed by atoms with Crippen LogP contribution in [0.15, 0.2) is 48.5 Å². The van der Waals surface area contributed by atoms with Crippen molar-refractivity contribution in [3.63, 3.8) is 0 Å². The average molecular weight is 312 g/mol. The molecule has 3 rings (SSSR count). The Morgan fingerprint density at radius 2 is 1.86 bits per heavy atom. The lowest BCUT2D eigenvalue weighted by Crippen LogP contribution is -2.03. The Hall–Kier alpha value is -2.33. The zero-order valence-electron chi connectivity index (χ0n) is 12.5. The Kier molecular flexibility index (Phi) is 4.11. The summed E-state index contributed by atoms with van der Waals surface area (Å²) in [6.45, 7) is 4.14. The van der Waals surface area contributed by atoms with Crippen LogP contribution in [0.5, 0.6) is 11.5 Å². The van der Waals surface area contributed by atoms with Gasteiger partial charge in [0.2, 0.25) is 0 Å². The van der Waals surface area contributed by atoms with Gasteiger partial charge < -0.3 is 9.47 Å². The Morgan fingerprint density at radius 3 is 2.59 bits per heavy atom. The molecule has 0 aliphatic heterocycles. The number of para-hydroxylation sites is 1. The monoisotopic (exact) mass is 312 g/mol. The van der Waals surface area contributed by atoms with Crippen LogP contribution in [0.25, 0.3) is 10.1 Å². The molecule has 0 aliphatic carbocycles. The highest BCUT2D eigenvalue weighted by atomic mass is 32.1. The first-order valence-electron chi connectivity index (χ1n) is 7.12. The van der Waals surface area contributed by atoms with Crippen molar-refractivity contribution in [2.75, 3.05) is 6.61 Å². The van der Waals surface area contributed by atoms with E-state index in [4.69, 9.17) is 9.47 Å². The molecule has 0 aliphatic rings. The van der Waals surface area contributed by atoms with Crippen LogP contribution in [0.2, 0.25) is 0 Å². The van der Waals surface area contributed by atoms with Gasteiger partial charge in [0, 0.05) is 4.70 Å². The van der Waals surface area contributed by atoms with Crippen molar-refractivity contribution >= 4 is 27.4 Å². The third-order valence-electron chi connectivity index (χ3n) is 3.35. The second-order valence-electron chi connectivity index (χ2n) is 4.85. The fraction of sp³-hybridized carbons (Fsp3) is 0.167. The summed E-state index contributed by atoms with van der Waals surface area (Å²) in [7, 11) is 0. The summed E-state index contributed by atoms with van der Waals surface area (Å²) < 4.78 is 12.0. The van der Waals surface area contributed by atoms with Crippen molar-refractivity contribution in [2.45, 2.75) is 13.8 Å². The van der Waals surface area contributed by atoms with E-state index in [1.807, 2.05) is 62.4 Å². The molecular formula is C18H16O3S. The van der Waals surface area contributed by atoms with Crippen molar-refractivity contribution in [2.24, 2.45) is 0 Å². The molecule has 0 saturated heterocycles. The van der Waals surface area contributed by atoms with Crippen LogP contribution < -0.4 is 4.74 Å². The molecule has 0 fully saturated rings. The van der Waals surface area contributed by atoms with Gasteiger partial charge in [0.15, 0.2) is 0 Å². The van der Waals surface area contributed by atoms with Gasteiger partial charge in [0.1, 0.15) is 16.4 Å². The molecule has 1 heterocycles. The van der Waals surface area contributed by atoms with Gasteiger partial charge in [-0.05, 0) is 55.1 Å². The molecular weight excluding hydrogens is 296 g/mol. The SMILES string of the molecule is CCOC(=O)c1sc2cc(Oc3ccccc3)ccc2c1C. The Labute approximate surface area is 133 Å². The number of fused-ring (bicyclic) bond motifs is 1. The lowest BCUT2D eigenvalue weighted by molar-refractivity contribution is 0.0531. The molecule has 0 N–H and O–H groups in total. The van der Waals surface area contributed by atoms with E-state index in [0.717, 1.165) is 27.1 Å². The minimum atomic E-state index is -0.258. The Balaban J connectivity index is 1.95. The van der Waals surface area contributed by atoms with Crippen molar-refractivity contribution in [3.8, 4) is 11.5 Å². The van der Waals surface area contributed by atoms with Crippen LogP contribution in [0, 0.1) is 6.92 Å². The molecule has 0 amide bonds. The number of rotatable bonds is 4. The zero-order chi connectivity index (χ0) is 15.5.